The van der Waals surface area contributed by atoms with Crippen molar-refractivity contribution in [3.05, 3.63) is 143 Å². The standard InChI is InChI=1S/C51H54N3O.Pt/c1-31-24-32(2)47(33(3)25-31)54-44-28-36(49(4,5)6)27-39(46(44)53-48(54)37-20-16-17-21-45(37)55)38-29-40(42(51(10,11)12)30-41(38)50(7,8)9)43-26-35(22-23-52-43)34-18-14-13-15-19-34;/h13-28,30,55H,1-12H3;/q-1;. The van der Waals surface area contributed by atoms with E-state index >= 15 is 0 Å². The van der Waals surface area contributed by atoms with E-state index in [9.17, 15) is 5.11 Å². The van der Waals surface area contributed by atoms with Crippen molar-refractivity contribution in [1.29, 1.82) is 0 Å². The number of hydrogen-bond acceptors (Lipinski definition) is 3. The zero-order valence-corrected chi connectivity index (χ0v) is 37.2. The molecule has 7 rings (SSSR count). The van der Waals surface area contributed by atoms with Crippen LogP contribution in [0.15, 0.2) is 103 Å². The zero-order valence-electron chi connectivity index (χ0n) is 34.9. The average Bonchev–Trinajstić information content (AvgIpc) is 3.48. The van der Waals surface area contributed by atoms with Gasteiger partial charge in [-0.05, 0) is 89.1 Å². The summed E-state index contributed by atoms with van der Waals surface area (Å²) < 4.78 is 2.28. The van der Waals surface area contributed by atoms with Crippen molar-refractivity contribution in [3.8, 4) is 56.3 Å². The molecule has 0 aliphatic carbocycles. The van der Waals surface area contributed by atoms with Gasteiger partial charge in [0.1, 0.15) is 11.6 Å². The third-order valence-corrected chi connectivity index (χ3v) is 10.7. The van der Waals surface area contributed by atoms with E-state index in [2.05, 4.69) is 160 Å². The number of para-hydroxylation sites is 1. The Kier molecular flexibility index (Phi) is 10.9. The molecule has 4 nitrogen and oxygen atoms in total. The van der Waals surface area contributed by atoms with Crippen LogP contribution in [0.3, 0.4) is 0 Å². The topological polar surface area (TPSA) is 50.9 Å². The largest absolute Gasteiger partial charge is 0.507 e. The van der Waals surface area contributed by atoms with Crippen LogP contribution in [0.25, 0.3) is 61.6 Å². The Morgan fingerprint density at radius 1 is 0.607 bits per heavy atom. The molecule has 0 aliphatic rings. The molecule has 56 heavy (non-hydrogen) atoms. The summed E-state index contributed by atoms with van der Waals surface area (Å²) in [6, 6.07) is 37.9. The van der Waals surface area contributed by atoms with Crippen LogP contribution in [0, 0.1) is 26.8 Å². The van der Waals surface area contributed by atoms with E-state index in [1.165, 1.54) is 22.3 Å². The first-order valence-electron chi connectivity index (χ1n) is 19.4. The van der Waals surface area contributed by atoms with Crippen LogP contribution in [0.4, 0.5) is 0 Å². The molecular formula is C51H54N3OPt-. The quantitative estimate of drug-likeness (QED) is 0.175. The molecule has 290 valence electrons. The Morgan fingerprint density at radius 2 is 1.21 bits per heavy atom. The van der Waals surface area contributed by atoms with Crippen molar-refractivity contribution in [2.24, 2.45) is 0 Å². The third kappa shape index (κ3) is 7.66. The molecule has 2 aromatic heterocycles. The van der Waals surface area contributed by atoms with E-state index in [4.69, 9.17) is 9.97 Å². The number of phenolic OH excluding ortho intramolecular Hbond substituents is 1. The molecule has 0 bridgehead atoms. The minimum atomic E-state index is -0.221. The van der Waals surface area contributed by atoms with Gasteiger partial charge in [0.05, 0.1) is 22.3 Å². The first-order valence-corrected chi connectivity index (χ1v) is 19.4. The second kappa shape index (κ2) is 14.9. The molecule has 5 heteroatoms. The Hall–Kier alpha value is -4.79. The molecule has 0 fully saturated rings. The van der Waals surface area contributed by atoms with Gasteiger partial charge in [0.2, 0.25) is 0 Å². The summed E-state index contributed by atoms with van der Waals surface area (Å²) in [5, 5.41) is 11.4. The maximum atomic E-state index is 11.4. The number of phenols is 1. The molecule has 0 aliphatic heterocycles. The monoisotopic (exact) mass is 919 g/mol. The minimum absolute atomic E-state index is 0. The Morgan fingerprint density at radius 3 is 1.82 bits per heavy atom. The SMILES string of the molecule is Cc1cc(C)c(-n2c(-c3ccccc3O)nc3c(-c4[c-]c(-c5cc(-c6ccccc6)ccn5)c(C(C)(C)C)cc4C(C)(C)C)cc(C(C)(C)C)cc32)c(C)c1.[Pt]. The number of aromatic hydroxyl groups is 1. The smallest absolute Gasteiger partial charge is 0.148 e. The average molecular weight is 920 g/mol. The van der Waals surface area contributed by atoms with E-state index in [1.54, 1.807) is 6.07 Å². The molecule has 0 amide bonds. The first-order chi connectivity index (χ1) is 25.8. The Balaban J connectivity index is 0.00000532. The van der Waals surface area contributed by atoms with Gasteiger partial charge in [-0.1, -0.05) is 146 Å². The Bertz CT molecular complexity index is 2550. The number of pyridine rings is 1. The van der Waals surface area contributed by atoms with Crippen molar-refractivity contribution < 1.29 is 26.2 Å². The van der Waals surface area contributed by atoms with Gasteiger partial charge in [-0.2, -0.15) is 0 Å². The van der Waals surface area contributed by atoms with E-state index in [1.807, 2.05) is 30.5 Å². The predicted octanol–water partition coefficient (Wildman–Crippen LogP) is 13.4. The maximum Gasteiger partial charge on any atom is 0.148 e. The van der Waals surface area contributed by atoms with E-state index in [-0.39, 0.29) is 43.1 Å². The number of benzene rings is 5. The fraction of sp³-hybridized carbons (Fsp3) is 0.294. The third-order valence-electron chi connectivity index (χ3n) is 10.7. The van der Waals surface area contributed by atoms with Crippen molar-refractivity contribution >= 4 is 11.0 Å². The Labute approximate surface area is 348 Å². The second-order valence-corrected chi connectivity index (χ2v) is 18.3. The van der Waals surface area contributed by atoms with Gasteiger partial charge >= 0.3 is 0 Å². The summed E-state index contributed by atoms with van der Waals surface area (Å²) in [6.45, 7) is 27.0. The van der Waals surface area contributed by atoms with Gasteiger partial charge in [-0.25, -0.2) is 4.98 Å². The first kappa shape index (κ1) is 40.9. The number of aryl methyl sites for hydroxylation is 3. The molecule has 1 N–H and O–H groups in total. The second-order valence-electron chi connectivity index (χ2n) is 18.3. The molecule has 0 saturated carbocycles. The van der Waals surface area contributed by atoms with Gasteiger partial charge in [-0.3, -0.25) is 9.55 Å². The summed E-state index contributed by atoms with van der Waals surface area (Å²) in [5.74, 6) is 0.902. The number of imidazole rings is 1. The van der Waals surface area contributed by atoms with Crippen molar-refractivity contribution in [2.45, 2.75) is 99.3 Å². The summed E-state index contributed by atoms with van der Waals surface area (Å²) in [6.07, 6.45) is 1.92. The van der Waals surface area contributed by atoms with Crippen molar-refractivity contribution in [1.82, 2.24) is 14.5 Å². The van der Waals surface area contributed by atoms with E-state index < -0.39 is 0 Å². The van der Waals surface area contributed by atoms with Crippen LogP contribution in [0.2, 0.25) is 0 Å². The van der Waals surface area contributed by atoms with Crippen LogP contribution < -0.4 is 0 Å². The fourth-order valence-electron chi connectivity index (χ4n) is 7.92. The molecule has 5 aromatic carbocycles. The molecule has 2 heterocycles. The fourth-order valence-corrected chi connectivity index (χ4v) is 7.92. The summed E-state index contributed by atoms with van der Waals surface area (Å²) in [5.41, 5.74) is 16.4. The van der Waals surface area contributed by atoms with Crippen molar-refractivity contribution in [2.75, 3.05) is 0 Å². The number of rotatable bonds is 5. The van der Waals surface area contributed by atoms with Crippen LogP contribution in [0.5, 0.6) is 5.75 Å². The van der Waals surface area contributed by atoms with Crippen LogP contribution >= 0.6 is 0 Å². The zero-order chi connectivity index (χ0) is 39.6. The van der Waals surface area contributed by atoms with Gasteiger partial charge in [0, 0.05) is 33.0 Å². The normalized spacial score (nSPS) is 12.2. The van der Waals surface area contributed by atoms with Gasteiger partial charge in [-0.15, -0.1) is 28.8 Å². The molecular weight excluding hydrogens is 866 g/mol. The molecule has 0 unspecified atom stereocenters. The number of aromatic nitrogens is 3. The van der Waals surface area contributed by atoms with Crippen molar-refractivity contribution in [3.63, 3.8) is 0 Å². The van der Waals surface area contributed by atoms with Crippen LogP contribution in [-0.4, -0.2) is 19.6 Å². The molecule has 0 radical (unpaired) electrons. The number of nitrogens with zero attached hydrogens (tertiary/aromatic N) is 3. The summed E-state index contributed by atoms with van der Waals surface area (Å²) in [4.78, 5) is 10.6. The van der Waals surface area contributed by atoms with Gasteiger partial charge in [0.15, 0.2) is 0 Å². The number of fused-ring (bicyclic) bond motifs is 1. The van der Waals surface area contributed by atoms with Gasteiger partial charge in [0.25, 0.3) is 0 Å². The maximum absolute atomic E-state index is 11.4. The van der Waals surface area contributed by atoms with Gasteiger partial charge < -0.3 is 5.11 Å². The number of hydrogen-bond donors (Lipinski definition) is 1. The summed E-state index contributed by atoms with van der Waals surface area (Å²) in [7, 11) is 0. The van der Waals surface area contributed by atoms with E-state index in [0.29, 0.717) is 11.4 Å². The molecule has 0 atom stereocenters. The predicted molar refractivity (Wildman–Crippen MR) is 231 cm³/mol. The summed E-state index contributed by atoms with van der Waals surface area (Å²) >= 11 is 0. The van der Waals surface area contributed by atoms with E-state index in [0.717, 1.165) is 61.4 Å². The molecule has 0 spiro atoms. The van der Waals surface area contributed by atoms with Crippen LogP contribution in [0.1, 0.15) is 95.7 Å². The molecule has 7 aromatic rings. The van der Waals surface area contributed by atoms with Crippen LogP contribution in [-0.2, 0) is 37.3 Å². The minimum Gasteiger partial charge on any atom is -0.507 e. The molecule has 0 saturated heterocycles.